The zero-order chi connectivity index (χ0) is 21.4. The van der Waals surface area contributed by atoms with Gasteiger partial charge in [0, 0.05) is 22.4 Å². The maximum Gasteiger partial charge on any atom is 0.324 e. The Kier molecular flexibility index (Phi) is 8.42. The molecule has 1 aromatic carbocycles. The van der Waals surface area contributed by atoms with Crippen LogP contribution in [0.5, 0.6) is 0 Å². The average Bonchev–Trinajstić information content (AvgIpc) is 2.59. The predicted molar refractivity (Wildman–Crippen MR) is 101 cm³/mol. The van der Waals surface area contributed by atoms with Gasteiger partial charge >= 0.3 is 22.1 Å². The third-order valence-corrected chi connectivity index (χ3v) is 4.74. The molecule has 11 heteroatoms. The molecular weight excluding hydrogens is 388 g/mol. The summed E-state index contributed by atoms with van der Waals surface area (Å²) < 4.78 is 38.4. The van der Waals surface area contributed by atoms with E-state index >= 15 is 0 Å². The number of hydrogen-bond donors (Lipinski definition) is 0. The molecule has 0 fully saturated rings. The van der Waals surface area contributed by atoms with Crippen molar-refractivity contribution in [2.24, 2.45) is 4.52 Å². The van der Waals surface area contributed by atoms with Crippen molar-refractivity contribution in [2.45, 2.75) is 51.8 Å². The lowest BCUT2D eigenvalue weighted by molar-refractivity contribution is -0.155. The Hall–Kier alpha value is -2.62. The number of esters is 2. The minimum Gasteiger partial charge on any atom is -0.468 e. The van der Waals surface area contributed by atoms with Crippen LogP contribution in [-0.2, 0) is 35.8 Å². The van der Waals surface area contributed by atoms with E-state index < -0.39 is 33.8 Å². The second kappa shape index (κ2) is 10.1. The number of hydrogen-bond acceptors (Lipinski definition) is 6. The first-order valence-electron chi connectivity index (χ1n) is 8.42. The van der Waals surface area contributed by atoms with Crippen LogP contribution < -0.4 is 0 Å². The highest BCUT2D eigenvalue weighted by Gasteiger charge is 2.36. The number of rotatable bonds is 9. The maximum atomic E-state index is 12.5. The SMILES string of the molecule is COC(=O)[C@H](CCC(=O)OC(C)(C)C)N(Cc1ccccc1)S(=O)(=O)N=[N+]=[N-]. The van der Waals surface area contributed by atoms with Crippen molar-refractivity contribution in [1.29, 1.82) is 0 Å². The minimum absolute atomic E-state index is 0.200. The number of carbonyl (C=O) groups excluding carboxylic acids is 2. The minimum atomic E-state index is -4.52. The van der Waals surface area contributed by atoms with Gasteiger partial charge in [-0.3, -0.25) is 9.59 Å². The number of nitrogens with zero attached hydrogens (tertiary/aromatic N) is 4. The van der Waals surface area contributed by atoms with Crippen LogP contribution in [0.1, 0.15) is 39.2 Å². The average molecular weight is 412 g/mol. The van der Waals surface area contributed by atoms with E-state index in [0.29, 0.717) is 5.56 Å². The normalized spacial score (nSPS) is 12.8. The summed E-state index contributed by atoms with van der Waals surface area (Å²) in [5, 5.41) is 0. The standard InChI is InChI=1S/C17H24N4O6S/c1-17(2,3)27-15(22)11-10-14(16(23)26-4)21(28(24,25)20-19-18)12-13-8-6-5-7-9-13/h5-9,14H,10-12H2,1-4H3/t14-/m0/s1. The molecule has 154 valence electrons. The first-order chi connectivity index (χ1) is 13.0. The molecular formula is C17H24N4O6S. The quantitative estimate of drug-likeness (QED) is 0.264. The van der Waals surface area contributed by atoms with Gasteiger partial charge in [-0.05, 0) is 38.3 Å². The van der Waals surface area contributed by atoms with Crippen molar-refractivity contribution in [3.8, 4) is 0 Å². The third-order valence-electron chi connectivity index (χ3n) is 3.48. The monoisotopic (exact) mass is 412 g/mol. The molecule has 0 amide bonds. The molecule has 0 aliphatic heterocycles. The van der Waals surface area contributed by atoms with Gasteiger partial charge in [-0.25, -0.2) is 8.42 Å². The molecule has 0 aliphatic carbocycles. The van der Waals surface area contributed by atoms with Crippen molar-refractivity contribution >= 4 is 22.1 Å². The Morgan fingerprint density at radius 1 is 1.25 bits per heavy atom. The Labute approximate surface area is 164 Å². The van der Waals surface area contributed by atoms with Crippen molar-refractivity contribution in [2.75, 3.05) is 7.11 Å². The smallest absolute Gasteiger partial charge is 0.324 e. The van der Waals surface area contributed by atoms with Gasteiger partial charge in [-0.1, -0.05) is 30.3 Å². The van der Waals surface area contributed by atoms with E-state index in [1.807, 2.05) is 0 Å². The van der Waals surface area contributed by atoms with Crippen molar-refractivity contribution in [3.63, 3.8) is 0 Å². The largest absolute Gasteiger partial charge is 0.468 e. The summed E-state index contributed by atoms with van der Waals surface area (Å²) in [6.45, 7) is 4.83. The molecule has 10 nitrogen and oxygen atoms in total. The topological polar surface area (TPSA) is 139 Å². The Bertz CT molecular complexity index is 829. The summed E-state index contributed by atoms with van der Waals surface area (Å²) in [4.78, 5) is 26.6. The molecule has 0 unspecified atom stereocenters. The molecule has 1 rings (SSSR count). The Morgan fingerprint density at radius 3 is 2.36 bits per heavy atom. The van der Waals surface area contributed by atoms with Gasteiger partial charge in [0.05, 0.1) is 7.11 Å². The summed E-state index contributed by atoms with van der Waals surface area (Å²) in [5.41, 5.74) is 8.44. The molecule has 0 aromatic heterocycles. The molecule has 0 aliphatic rings. The van der Waals surface area contributed by atoms with Crippen LogP contribution in [0, 0.1) is 0 Å². The lowest BCUT2D eigenvalue weighted by atomic mass is 10.1. The second-order valence-corrected chi connectivity index (χ2v) is 8.37. The third kappa shape index (κ3) is 7.55. The highest BCUT2D eigenvalue weighted by atomic mass is 32.2. The predicted octanol–water partition coefficient (Wildman–Crippen LogP) is 2.71. The maximum absolute atomic E-state index is 12.5. The highest BCUT2D eigenvalue weighted by molar-refractivity contribution is 7.87. The van der Waals surface area contributed by atoms with Crippen LogP contribution >= 0.6 is 0 Å². The molecule has 0 heterocycles. The highest BCUT2D eigenvalue weighted by Crippen LogP contribution is 2.20. The molecule has 1 atom stereocenters. The number of ether oxygens (including phenoxy) is 2. The lowest BCUT2D eigenvalue weighted by Gasteiger charge is -2.27. The fourth-order valence-corrected chi connectivity index (χ4v) is 3.38. The van der Waals surface area contributed by atoms with Crippen LogP contribution in [0.4, 0.5) is 0 Å². The first kappa shape index (κ1) is 23.4. The number of benzene rings is 1. The summed E-state index contributed by atoms with van der Waals surface area (Å²) in [6, 6.07) is 7.08. The van der Waals surface area contributed by atoms with E-state index in [4.69, 9.17) is 15.0 Å². The van der Waals surface area contributed by atoms with E-state index in [1.165, 1.54) is 0 Å². The van der Waals surface area contributed by atoms with Crippen molar-refractivity contribution in [3.05, 3.63) is 46.3 Å². The van der Waals surface area contributed by atoms with Crippen LogP contribution in [-0.4, -0.2) is 43.4 Å². The zero-order valence-corrected chi connectivity index (χ0v) is 17.0. The molecule has 0 saturated carbocycles. The molecule has 0 bridgehead atoms. The Morgan fingerprint density at radius 2 is 1.86 bits per heavy atom. The van der Waals surface area contributed by atoms with E-state index in [0.717, 1.165) is 11.4 Å². The zero-order valence-electron chi connectivity index (χ0n) is 16.2. The van der Waals surface area contributed by atoms with E-state index in [9.17, 15) is 18.0 Å². The van der Waals surface area contributed by atoms with Crippen LogP contribution in [0.3, 0.4) is 0 Å². The van der Waals surface area contributed by atoms with Crippen LogP contribution in [0.25, 0.3) is 10.4 Å². The van der Waals surface area contributed by atoms with Crippen LogP contribution in [0.15, 0.2) is 34.9 Å². The molecule has 0 radical (unpaired) electrons. The van der Waals surface area contributed by atoms with Crippen molar-refractivity contribution < 1.29 is 27.5 Å². The number of methoxy groups -OCH3 is 1. The van der Waals surface area contributed by atoms with Crippen molar-refractivity contribution in [1.82, 2.24) is 4.31 Å². The first-order valence-corrected chi connectivity index (χ1v) is 9.81. The van der Waals surface area contributed by atoms with Gasteiger partial charge in [0.2, 0.25) is 0 Å². The second-order valence-electron chi connectivity index (χ2n) is 6.84. The summed E-state index contributed by atoms with van der Waals surface area (Å²) in [6.07, 6.45) is -0.428. The van der Waals surface area contributed by atoms with Crippen LogP contribution in [0.2, 0.25) is 0 Å². The molecule has 28 heavy (non-hydrogen) atoms. The molecule has 0 saturated heterocycles. The number of azide groups is 1. The summed E-state index contributed by atoms with van der Waals surface area (Å²) >= 11 is 0. The molecule has 0 N–H and O–H groups in total. The molecule has 0 spiro atoms. The van der Waals surface area contributed by atoms with E-state index in [1.54, 1.807) is 51.1 Å². The lowest BCUT2D eigenvalue weighted by Crippen LogP contribution is -2.44. The number of carbonyl (C=O) groups is 2. The fourth-order valence-electron chi connectivity index (χ4n) is 2.37. The molecule has 1 aromatic rings. The fraction of sp³-hybridized carbons (Fsp3) is 0.529. The van der Waals surface area contributed by atoms with Gasteiger partial charge in [-0.2, -0.15) is 4.31 Å². The summed E-state index contributed by atoms with van der Waals surface area (Å²) in [5.74, 6) is -1.47. The Balaban J connectivity index is 3.18. The van der Waals surface area contributed by atoms with Gasteiger partial charge < -0.3 is 9.47 Å². The summed E-state index contributed by atoms with van der Waals surface area (Å²) in [7, 11) is -3.42. The van der Waals surface area contributed by atoms with Gasteiger partial charge in [-0.15, -0.1) is 0 Å². The van der Waals surface area contributed by atoms with Gasteiger partial charge in [0.25, 0.3) is 0 Å². The van der Waals surface area contributed by atoms with Gasteiger partial charge in [0.15, 0.2) is 0 Å². The van der Waals surface area contributed by atoms with E-state index in [2.05, 4.69) is 9.43 Å². The van der Waals surface area contributed by atoms with E-state index in [-0.39, 0.29) is 19.4 Å². The van der Waals surface area contributed by atoms with Gasteiger partial charge in [0.1, 0.15) is 11.6 Å².